The van der Waals surface area contributed by atoms with Gasteiger partial charge < -0.3 is 4.74 Å². The number of rotatable bonds is 2. The van der Waals surface area contributed by atoms with Crippen molar-refractivity contribution in [3.05, 3.63) is 60.2 Å². The lowest BCUT2D eigenvalue weighted by molar-refractivity contribution is -0.142. The monoisotopic (exact) mass is 318 g/mol. The molecule has 0 spiro atoms. The van der Waals surface area contributed by atoms with Crippen molar-refractivity contribution in [2.24, 2.45) is 16.9 Å². The lowest BCUT2D eigenvalue weighted by Gasteiger charge is -2.11. The average Bonchev–Trinajstić information content (AvgIpc) is 3.28. The molecule has 0 N–H and O–H groups in total. The van der Waals surface area contributed by atoms with Crippen molar-refractivity contribution in [3.63, 3.8) is 0 Å². The van der Waals surface area contributed by atoms with Gasteiger partial charge in [0.05, 0.1) is 30.3 Å². The number of benzene rings is 2. The van der Waals surface area contributed by atoms with E-state index in [1.54, 1.807) is 6.21 Å². The summed E-state index contributed by atoms with van der Waals surface area (Å²) in [4.78, 5) is 25.1. The first-order valence-corrected chi connectivity index (χ1v) is 7.97. The third-order valence-corrected chi connectivity index (χ3v) is 5.02. The van der Waals surface area contributed by atoms with E-state index in [9.17, 15) is 9.59 Å². The summed E-state index contributed by atoms with van der Waals surface area (Å²) in [6.45, 7) is 0. The predicted octanol–water partition coefficient (Wildman–Crippen LogP) is 2.11. The second-order valence-corrected chi connectivity index (χ2v) is 6.30. The maximum Gasteiger partial charge on any atom is 0.256 e. The third kappa shape index (κ3) is 1.76. The molecule has 2 amide bonds. The molecule has 0 aliphatic carbocycles. The molecule has 5 heteroatoms. The molecule has 0 saturated carbocycles. The van der Waals surface area contributed by atoms with Crippen LogP contribution in [0.2, 0.25) is 0 Å². The van der Waals surface area contributed by atoms with E-state index in [1.165, 1.54) is 0 Å². The summed E-state index contributed by atoms with van der Waals surface area (Å²) in [5, 5.41) is 7.36. The van der Waals surface area contributed by atoms with E-state index in [1.807, 2.05) is 54.6 Å². The van der Waals surface area contributed by atoms with E-state index in [0.717, 1.165) is 21.3 Å². The largest absolute Gasteiger partial charge is 0.365 e. The molecule has 2 aromatic rings. The lowest BCUT2D eigenvalue weighted by atomic mass is 9.85. The van der Waals surface area contributed by atoms with Crippen LogP contribution in [0.1, 0.15) is 5.56 Å². The first-order valence-electron chi connectivity index (χ1n) is 7.97. The zero-order chi connectivity index (χ0) is 16.3. The molecule has 5 rings (SSSR count). The molecule has 2 saturated heterocycles. The number of hydrogen-bond donors (Lipinski definition) is 0. The SMILES string of the molecule is O=C1[C@@H]2[C@H](C(=O)N1/N=C\c1cccc3ccccc13)[C@@H]1C=C[C@@H]2O1. The van der Waals surface area contributed by atoms with Gasteiger partial charge in [-0.2, -0.15) is 10.1 Å². The van der Waals surface area contributed by atoms with Gasteiger partial charge in [0, 0.05) is 5.56 Å². The highest BCUT2D eigenvalue weighted by molar-refractivity contribution is 6.08. The van der Waals surface area contributed by atoms with Crippen LogP contribution in [-0.4, -0.2) is 35.2 Å². The van der Waals surface area contributed by atoms with Crippen LogP contribution in [0, 0.1) is 11.8 Å². The second-order valence-electron chi connectivity index (χ2n) is 6.30. The van der Waals surface area contributed by atoms with E-state index in [0.29, 0.717) is 0 Å². The zero-order valence-electron chi connectivity index (χ0n) is 12.7. The Labute approximate surface area is 138 Å². The summed E-state index contributed by atoms with van der Waals surface area (Å²) in [7, 11) is 0. The van der Waals surface area contributed by atoms with Crippen molar-refractivity contribution < 1.29 is 14.3 Å². The number of hydrogen-bond acceptors (Lipinski definition) is 4. The van der Waals surface area contributed by atoms with Crippen LogP contribution in [0.25, 0.3) is 10.8 Å². The smallest absolute Gasteiger partial charge is 0.256 e. The molecule has 4 atom stereocenters. The minimum absolute atomic E-state index is 0.265. The molecule has 0 unspecified atom stereocenters. The van der Waals surface area contributed by atoms with Crippen LogP contribution in [0.15, 0.2) is 59.7 Å². The van der Waals surface area contributed by atoms with Crippen LogP contribution < -0.4 is 0 Å². The average molecular weight is 318 g/mol. The molecule has 2 aromatic carbocycles. The molecule has 0 aromatic heterocycles. The van der Waals surface area contributed by atoms with Crippen molar-refractivity contribution in [2.45, 2.75) is 12.2 Å². The number of carbonyl (C=O) groups is 2. The fourth-order valence-corrected chi connectivity index (χ4v) is 3.88. The summed E-state index contributed by atoms with van der Waals surface area (Å²) in [5.74, 6) is -1.37. The lowest BCUT2D eigenvalue weighted by Crippen LogP contribution is -2.30. The highest BCUT2D eigenvalue weighted by Gasteiger charge is 2.61. The molecule has 2 bridgehead atoms. The van der Waals surface area contributed by atoms with Crippen LogP contribution in [0.5, 0.6) is 0 Å². The topological polar surface area (TPSA) is 59.0 Å². The Morgan fingerprint density at radius 2 is 1.58 bits per heavy atom. The zero-order valence-corrected chi connectivity index (χ0v) is 12.7. The minimum atomic E-state index is -0.419. The maximum absolute atomic E-state index is 12.5. The van der Waals surface area contributed by atoms with E-state index < -0.39 is 11.8 Å². The number of nitrogens with zero attached hydrogens (tertiary/aromatic N) is 2. The third-order valence-electron chi connectivity index (χ3n) is 5.02. The summed E-state index contributed by atoms with van der Waals surface area (Å²) in [6.07, 6.45) is 4.77. The van der Waals surface area contributed by atoms with Crippen LogP contribution in [0.4, 0.5) is 0 Å². The normalized spacial score (nSPS) is 30.9. The summed E-state index contributed by atoms with van der Waals surface area (Å²) in [5.41, 5.74) is 0.878. The van der Waals surface area contributed by atoms with Gasteiger partial charge >= 0.3 is 0 Å². The van der Waals surface area contributed by atoms with Crippen molar-refractivity contribution in [2.75, 3.05) is 0 Å². The van der Waals surface area contributed by atoms with Gasteiger partial charge in [-0.15, -0.1) is 0 Å². The Balaban J connectivity index is 1.49. The Hall–Kier alpha value is -2.79. The van der Waals surface area contributed by atoms with Crippen molar-refractivity contribution >= 4 is 28.8 Å². The van der Waals surface area contributed by atoms with Crippen LogP contribution in [-0.2, 0) is 14.3 Å². The maximum atomic E-state index is 12.5. The van der Waals surface area contributed by atoms with E-state index in [-0.39, 0.29) is 24.0 Å². The van der Waals surface area contributed by atoms with Crippen molar-refractivity contribution in [1.82, 2.24) is 5.01 Å². The van der Waals surface area contributed by atoms with E-state index in [2.05, 4.69) is 5.10 Å². The summed E-state index contributed by atoms with van der Waals surface area (Å²) in [6, 6.07) is 13.8. The number of carbonyl (C=O) groups excluding carboxylic acids is 2. The molecule has 118 valence electrons. The highest BCUT2D eigenvalue weighted by Crippen LogP contribution is 2.45. The Morgan fingerprint density at radius 1 is 0.917 bits per heavy atom. The number of ether oxygens (including phenoxy) is 1. The van der Waals surface area contributed by atoms with Gasteiger partial charge in [0.2, 0.25) is 0 Å². The van der Waals surface area contributed by atoms with Gasteiger partial charge in [-0.05, 0) is 10.8 Å². The first kappa shape index (κ1) is 13.6. The van der Waals surface area contributed by atoms with E-state index in [4.69, 9.17) is 4.74 Å². The number of imide groups is 1. The van der Waals surface area contributed by atoms with Crippen LogP contribution >= 0.6 is 0 Å². The number of amides is 2. The standard InChI is InChI=1S/C19H14N2O3/c22-18-16-14-8-9-15(24-14)17(16)19(23)21(18)20-10-12-6-3-5-11-4-1-2-7-13(11)12/h1-10,14-17H/b20-10-/t14-,15-,16-,17+/m0/s1. The summed E-state index contributed by atoms with van der Waals surface area (Å²) < 4.78 is 5.62. The van der Waals surface area contributed by atoms with E-state index >= 15 is 0 Å². The van der Waals surface area contributed by atoms with Crippen molar-refractivity contribution in [1.29, 1.82) is 0 Å². The summed E-state index contributed by atoms with van der Waals surface area (Å²) >= 11 is 0. The molecule has 0 radical (unpaired) electrons. The van der Waals surface area contributed by atoms with Gasteiger partial charge in [-0.1, -0.05) is 54.6 Å². The molecular formula is C19H14N2O3. The highest BCUT2D eigenvalue weighted by atomic mass is 16.5. The van der Waals surface area contributed by atoms with Gasteiger partial charge in [-0.3, -0.25) is 9.59 Å². The molecule has 3 aliphatic heterocycles. The van der Waals surface area contributed by atoms with Crippen molar-refractivity contribution in [3.8, 4) is 0 Å². The van der Waals surface area contributed by atoms with Gasteiger partial charge in [0.1, 0.15) is 0 Å². The first-order chi connectivity index (χ1) is 11.7. The second kappa shape index (κ2) is 4.85. The fourth-order valence-electron chi connectivity index (χ4n) is 3.88. The Kier molecular flexibility index (Phi) is 2.76. The minimum Gasteiger partial charge on any atom is -0.365 e. The predicted molar refractivity (Wildman–Crippen MR) is 88.2 cm³/mol. The Bertz CT molecular complexity index is 898. The van der Waals surface area contributed by atoms with Gasteiger partial charge in [0.15, 0.2) is 0 Å². The fraction of sp³-hybridized carbons (Fsp3) is 0.211. The molecule has 3 heterocycles. The van der Waals surface area contributed by atoms with Crippen LogP contribution in [0.3, 0.4) is 0 Å². The molecular weight excluding hydrogens is 304 g/mol. The van der Waals surface area contributed by atoms with Gasteiger partial charge in [0.25, 0.3) is 11.8 Å². The molecule has 2 fully saturated rings. The van der Waals surface area contributed by atoms with Gasteiger partial charge in [-0.25, -0.2) is 0 Å². The Morgan fingerprint density at radius 3 is 2.33 bits per heavy atom. The number of hydrazone groups is 1. The molecule has 5 nitrogen and oxygen atoms in total. The number of fused-ring (bicyclic) bond motifs is 6. The molecule has 24 heavy (non-hydrogen) atoms. The molecule has 3 aliphatic rings. The quantitative estimate of drug-likeness (QED) is 0.484.